The van der Waals surface area contributed by atoms with Crippen LogP contribution in [0.4, 0.5) is 56.9 Å². The molecule has 0 aliphatic rings. The van der Waals surface area contributed by atoms with Gasteiger partial charge in [-0.05, 0) is 78.9 Å². The molecular weight excluding hydrogens is 861 g/mol. The van der Waals surface area contributed by atoms with Gasteiger partial charge >= 0.3 is 0 Å². The van der Waals surface area contributed by atoms with Gasteiger partial charge in [-0.3, -0.25) is 0 Å². The Morgan fingerprint density at radius 2 is 1.07 bits per heavy atom. The van der Waals surface area contributed by atoms with Crippen LogP contribution in [0.3, 0.4) is 0 Å². The Morgan fingerprint density at radius 1 is 0.507 bits per heavy atom. The second-order valence-corrected chi connectivity index (χ2v) is 16.9. The number of anilines is 3. The molecule has 2 heterocycles. The van der Waals surface area contributed by atoms with E-state index in [9.17, 15) is 0 Å². The summed E-state index contributed by atoms with van der Waals surface area (Å²) in [7, 11) is 12.3. The van der Waals surface area contributed by atoms with Crippen LogP contribution in [0.5, 0.6) is 0 Å². The van der Waals surface area contributed by atoms with Crippen LogP contribution in [0.15, 0.2) is 205 Å². The van der Waals surface area contributed by atoms with Crippen molar-refractivity contribution < 1.29 is 13.9 Å². The van der Waals surface area contributed by atoms with Crippen LogP contribution >= 0.6 is 0 Å². The Bertz CT molecular complexity index is 3660. The summed E-state index contributed by atoms with van der Waals surface area (Å²) in [4.78, 5) is 13.2. The molecular formula is C54H51N14O+3. The summed E-state index contributed by atoms with van der Waals surface area (Å²) >= 11 is 0. The highest BCUT2D eigenvalue weighted by molar-refractivity contribution is 5.94. The van der Waals surface area contributed by atoms with Gasteiger partial charge in [-0.15, -0.1) is 14.8 Å². The molecule has 0 aliphatic carbocycles. The van der Waals surface area contributed by atoms with Crippen molar-refractivity contribution in [1.29, 1.82) is 0 Å². The van der Waals surface area contributed by atoms with Crippen molar-refractivity contribution in [2.45, 2.75) is 0 Å². The standard InChI is InChI=1S/C28H25N5O.C26H25N9/c1-31(2)19-10-12-21-25(14-19)33(18-8-6-5-7-9-18)26-17-28-24(16-23(26)29-21)30-22-13-11-20(32(3)4)15-27(22)34-28;1-35(2)22-10-6-9-21(15-22)32-29-19-11-13-20(14-12-19)31-34-26-17-25(23(27)16-24(26)28)33-30-18-7-4-3-5-8-18/h5-17H,1-4H3;3-17H,27-28H2,1-2H3/q+2;/p+1. The molecule has 15 nitrogen and oxygen atoms in total. The molecule has 0 radical (unpaired) electrons. The summed E-state index contributed by atoms with van der Waals surface area (Å²) in [6, 6.07) is 54.7. The molecule has 0 spiro atoms. The number of nitrogens with one attached hydrogen (secondary N) is 1. The number of hydrogen-bond donors (Lipinski definition) is 3. The van der Waals surface area contributed by atoms with E-state index in [4.69, 9.17) is 25.9 Å². The first-order chi connectivity index (χ1) is 33.4. The van der Waals surface area contributed by atoms with Crippen molar-refractivity contribution in [2.75, 3.05) is 58.7 Å². The average Bonchev–Trinajstić information content (AvgIpc) is 3.36. The predicted molar refractivity (Wildman–Crippen MR) is 277 cm³/mol. The summed E-state index contributed by atoms with van der Waals surface area (Å²) in [5, 5.41) is 26.7. The maximum absolute atomic E-state index is 6.37. The second kappa shape index (κ2) is 19.8. The molecule has 5 N–H and O–H groups in total. The second-order valence-electron chi connectivity index (χ2n) is 16.9. The molecule has 340 valence electrons. The molecule has 15 heteroatoms. The van der Waals surface area contributed by atoms with Gasteiger partial charge in [-0.25, -0.2) is 14.5 Å². The number of nitrogens with two attached hydrogens (primary N) is 2. The largest absolute Gasteiger partial charge is 0.452 e. The van der Waals surface area contributed by atoms with E-state index in [1.54, 1.807) is 12.1 Å². The molecule has 10 aromatic rings. The Hall–Kier alpha value is -9.08. The number of rotatable bonds is 9. The van der Waals surface area contributed by atoms with Crippen LogP contribution in [-0.4, -0.2) is 52.3 Å². The van der Waals surface area contributed by atoms with E-state index in [0.29, 0.717) is 34.1 Å². The number of benzene rings is 8. The molecule has 10 rings (SSSR count). The highest BCUT2D eigenvalue weighted by Gasteiger charge is 2.22. The first-order valence-electron chi connectivity index (χ1n) is 22.2. The molecule has 69 heavy (non-hydrogen) atoms. The maximum Gasteiger partial charge on any atom is 0.244 e. The summed E-state index contributed by atoms with van der Waals surface area (Å²) < 4.78 is 10.7. The van der Waals surface area contributed by atoms with E-state index in [2.05, 4.69) is 119 Å². The van der Waals surface area contributed by atoms with E-state index >= 15 is 0 Å². The van der Waals surface area contributed by atoms with Gasteiger partial charge in [0.2, 0.25) is 22.1 Å². The van der Waals surface area contributed by atoms with E-state index in [0.717, 1.165) is 78.1 Å². The smallest absolute Gasteiger partial charge is 0.244 e. The molecule has 0 atom stereocenters. The Morgan fingerprint density at radius 3 is 1.72 bits per heavy atom. The molecule has 0 unspecified atom stereocenters. The molecule has 8 aromatic carbocycles. The van der Waals surface area contributed by atoms with Crippen molar-refractivity contribution in [3.05, 3.63) is 175 Å². The van der Waals surface area contributed by atoms with E-state index in [1.165, 1.54) is 4.90 Å². The summed E-state index contributed by atoms with van der Waals surface area (Å²) in [5.41, 5.74) is 26.9. The monoisotopic (exact) mass is 911 g/mol. The number of fused-ring (bicyclic) bond motifs is 4. The van der Waals surface area contributed by atoms with Crippen LogP contribution in [0.1, 0.15) is 0 Å². The van der Waals surface area contributed by atoms with Gasteiger partial charge in [-0.2, -0.15) is 20.5 Å². The molecule has 0 amide bonds. The van der Waals surface area contributed by atoms with Crippen LogP contribution in [0.25, 0.3) is 50.0 Å². The third kappa shape index (κ3) is 10.3. The lowest BCUT2D eigenvalue weighted by atomic mass is 10.2. The first kappa shape index (κ1) is 45.1. The van der Waals surface area contributed by atoms with Crippen molar-refractivity contribution in [3.63, 3.8) is 0 Å². The lowest BCUT2D eigenvalue weighted by Crippen LogP contribution is -3.00. The quantitative estimate of drug-likeness (QED) is 0.0561. The molecule has 0 aliphatic heterocycles. The zero-order chi connectivity index (χ0) is 48.0. The van der Waals surface area contributed by atoms with Crippen LogP contribution in [0.2, 0.25) is 0 Å². The number of quaternary nitrogens is 1. The zero-order valence-corrected chi connectivity index (χ0v) is 39.1. The van der Waals surface area contributed by atoms with E-state index < -0.39 is 0 Å². The van der Waals surface area contributed by atoms with Gasteiger partial charge in [0.15, 0.2) is 11.2 Å². The van der Waals surface area contributed by atoms with E-state index in [-0.39, 0.29) is 0 Å². The number of nitrogens with zero attached hydrogens (tertiary/aromatic N) is 11. The van der Waals surface area contributed by atoms with Gasteiger partial charge in [0.1, 0.15) is 53.2 Å². The van der Waals surface area contributed by atoms with Crippen molar-refractivity contribution in [3.8, 4) is 5.69 Å². The Labute approximate surface area is 398 Å². The van der Waals surface area contributed by atoms with Crippen molar-refractivity contribution >= 4 is 101 Å². The van der Waals surface area contributed by atoms with Crippen molar-refractivity contribution in [1.82, 2.24) is 14.5 Å². The summed E-state index contributed by atoms with van der Waals surface area (Å²) in [6.07, 6.45) is 0. The maximum atomic E-state index is 6.37. The van der Waals surface area contributed by atoms with Gasteiger partial charge in [0.05, 0.1) is 60.4 Å². The van der Waals surface area contributed by atoms with Crippen LogP contribution in [0, 0.1) is 0 Å². The fraction of sp³-hybridized carbons (Fsp3) is 0.111. The zero-order valence-electron chi connectivity index (χ0n) is 39.1. The molecule has 0 saturated carbocycles. The predicted octanol–water partition coefficient (Wildman–Crippen LogP) is 10.9. The van der Waals surface area contributed by atoms with Gasteiger partial charge < -0.3 is 25.7 Å². The summed E-state index contributed by atoms with van der Waals surface area (Å²) in [6.45, 7) is 0. The molecule has 0 fully saturated rings. The van der Waals surface area contributed by atoms with E-state index in [1.807, 2.05) is 125 Å². The summed E-state index contributed by atoms with van der Waals surface area (Å²) in [5.74, 6) is 0. The molecule has 0 bridgehead atoms. The fourth-order valence-electron chi connectivity index (χ4n) is 7.45. The molecule has 0 saturated heterocycles. The van der Waals surface area contributed by atoms with Gasteiger partial charge in [-0.1, -0.05) is 42.5 Å². The van der Waals surface area contributed by atoms with Crippen LogP contribution < -0.4 is 35.8 Å². The average molecular weight is 912 g/mol. The molecule has 2 aromatic heterocycles. The third-order valence-electron chi connectivity index (χ3n) is 11.2. The third-order valence-corrected chi connectivity index (χ3v) is 11.2. The van der Waals surface area contributed by atoms with Crippen molar-refractivity contribution in [2.24, 2.45) is 30.7 Å². The minimum absolute atomic E-state index is 0.400. The SMILES string of the molecule is CN(C)c1ccc2nc3cc4nc5ccc(=[N+](C)C)cc5[n+](-c5ccccc5)c4cc3oc2c1.C[NH+](C)c1cccc(N=Nc2ccc(N=Nc3cc(N=Nc4ccccc4)c(N)cc3N)cc2)c1. The number of aromatic nitrogens is 3. The Kier molecular flexibility index (Phi) is 12.9. The minimum Gasteiger partial charge on any atom is -0.452 e. The first-order valence-corrected chi connectivity index (χ1v) is 22.2. The normalized spacial score (nSPS) is 11.7. The highest BCUT2D eigenvalue weighted by Crippen LogP contribution is 2.36. The number of nitrogen functional groups attached to an aromatic ring is 2. The number of azo groups is 3. The lowest BCUT2D eigenvalue weighted by Gasteiger charge is -2.12. The number of hydrogen-bond acceptors (Lipinski definition) is 12. The fourth-order valence-corrected chi connectivity index (χ4v) is 7.45. The Balaban J connectivity index is 0.000000172. The topological polar surface area (TPSA) is 180 Å². The lowest BCUT2D eigenvalue weighted by molar-refractivity contribution is -0.786. The van der Waals surface area contributed by atoms with Gasteiger partial charge in [0.25, 0.3) is 0 Å². The van der Waals surface area contributed by atoms with Gasteiger partial charge in [0, 0.05) is 56.2 Å². The van der Waals surface area contributed by atoms with Crippen LogP contribution in [-0.2, 0) is 0 Å². The minimum atomic E-state index is 0.400. The highest BCUT2D eigenvalue weighted by atomic mass is 16.3. The number of para-hydroxylation sites is 1.